The molecule has 0 aromatic rings. The number of carbonyl (C=O) groups is 3. The van der Waals surface area contributed by atoms with Crippen molar-refractivity contribution in [3.63, 3.8) is 0 Å². The maximum absolute atomic E-state index is 12.2. The van der Waals surface area contributed by atoms with Crippen molar-refractivity contribution in [1.82, 2.24) is 5.32 Å². The molecule has 2 aliphatic carbocycles. The van der Waals surface area contributed by atoms with Gasteiger partial charge in [0.1, 0.15) is 5.54 Å². The van der Waals surface area contributed by atoms with Gasteiger partial charge < -0.3 is 21.3 Å². The maximum atomic E-state index is 12.2. The Labute approximate surface area is 122 Å². The molecule has 0 spiro atoms. The average Bonchev–Trinajstić information content (AvgIpc) is 3.06. The molecule has 1 amide bonds. The molecule has 2 fully saturated rings. The van der Waals surface area contributed by atoms with Crippen molar-refractivity contribution in [2.75, 3.05) is 0 Å². The molecular formula is C14H22N2O5. The van der Waals surface area contributed by atoms with Crippen LogP contribution in [0.2, 0.25) is 0 Å². The SMILES string of the molecule is CCC(C)[C@H](N)C(=O)N[C@@]1(C(=O)O)CC[C@H]2[C@H](C(=O)O)[C@H]21. The first kappa shape index (κ1) is 15.8. The Bertz CT molecular complexity index is 480. The molecule has 0 saturated heterocycles. The minimum absolute atomic E-state index is 0.0671. The second kappa shape index (κ2) is 5.29. The predicted octanol–water partition coefficient (Wildman–Crippen LogP) is 0.0400. The van der Waals surface area contributed by atoms with Crippen LogP contribution in [0.5, 0.6) is 0 Å². The molecule has 0 heterocycles. The van der Waals surface area contributed by atoms with Crippen LogP contribution in [0, 0.1) is 23.7 Å². The van der Waals surface area contributed by atoms with Crippen molar-refractivity contribution < 1.29 is 24.6 Å². The summed E-state index contributed by atoms with van der Waals surface area (Å²) in [7, 11) is 0. The number of fused-ring (bicyclic) bond motifs is 1. The molecule has 6 atom stereocenters. The summed E-state index contributed by atoms with van der Waals surface area (Å²) >= 11 is 0. The summed E-state index contributed by atoms with van der Waals surface area (Å²) in [5, 5.41) is 21.2. The normalized spacial score (nSPS) is 36.4. The van der Waals surface area contributed by atoms with E-state index in [4.69, 9.17) is 10.8 Å². The monoisotopic (exact) mass is 298 g/mol. The molecule has 7 heteroatoms. The van der Waals surface area contributed by atoms with Crippen LogP contribution in [0.15, 0.2) is 0 Å². The van der Waals surface area contributed by atoms with E-state index in [9.17, 15) is 19.5 Å². The molecule has 2 saturated carbocycles. The topological polar surface area (TPSA) is 130 Å². The lowest BCUT2D eigenvalue weighted by Crippen LogP contribution is -2.60. The summed E-state index contributed by atoms with van der Waals surface area (Å²) in [5.74, 6) is -4.08. The third-order valence-electron chi connectivity index (χ3n) is 5.18. The summed E-state index contributed by atoms with van der Waals surface area (Å²) in [4.78, 5) is 35.0. The van der Waals surface area contributed by atoms with E-state index < -0.39 is 41.3 Å². The van der Waals surface area contributed by atoms with Gasteiger partial charge in [-0.1, -0.05) is 20.3 Å². The molecular weight excluding hydrogens is 276 g/mol. The van der Waals surface area contributed by atoms with Gasteiger partial charge in [0.25, 0.3) is 0 Å². The third kappa shape index (κ3) is 2.39. The summed E-state index contributed by atoms with van der Waals surface area (Å²) in [5.41, 5.74) is 4.36. The Morgan fingerprint density at radius 1 is 1.38 bits per heavy atom. The summed E-state index contributed by atoms with van der Waals surface area (Å²) in [6, 6.07) is -0.785. The number of nitrogens with two attached hydrogens (primary N) is 1. The van der Waals surface area contributed by atoms with Crippen molar-refractivity contribution in [3.8, 4) is 0 Å². The maximum Gasteiger partial charge on any atom is 0.329 e. The fraction of sp³-hybridized carbons (Fsp3) is 0.786. The molecule has 1 unspecified atom stereocenters. The number of carboxylic acid groups (broad SMARTS) is 2. The lowest BCUT2D eigenvalue weighted by molar-refractivity contribution is -0.150. The van der Waals surface area contributed by atoms with Crippen LogP contribution in [0.1, 0.15) is 33.1 Å². The van der Waals surface area contributed by atoms with Gasteiger partial charge in [-0.15, -0.1) is 0 Å². The van der Waals surface area contributed by atoms with E-state index in [-0.39, 0.29) is 18.3 Å². The second-order valence-electron chi connectivity index (χ2n) is 6.27. The highest BCUT2D eigenvalue weighted by Gasteiger charge is 2.72. The summed E-state index contributed by atoms with van der Waals surface area (Å²) in [6.07, 6.45) is 1.48. The molecule has 2 rings (SSSR count). The van der Waals surface area contributed by atoms with Crippen molar-refractivity contribution in [3.05, 3.63) is 0 Å². The van der Waals surface area contributed by atoms with E-state index in [1.165, 1.54) is 0 Å². The molecule has 7 nitrogen and oxygen atoms in total. The van der Waals surface area contributed by atoms with Gasteiger partial charge in [0, 0.05) is 5.92 Å². The quantitative estimate of drug-likeness (QED) is 0.548. The van der Waals surface area contributed by atoms with E-state index >= 15 is 0 Å². The zero-order valence-corrected chi connectivity index (χ0v) is 12.2. The van der Waals surface area contributed by atoms with Gasteiger partial charge in [-0.2, -0.15) is 0 Å². The first-order chi connectivity index (χ1) is 9.76. The number of amides is 1. The highest BCUT2D eigenvalue weighted by molar-refractivity contribution is 5.92. The fourth-order valence-corrected chi connectivity index (χ4v) is 3.57. The Balaban J connectivity index is 2.16. The number of nitrogens with one attached hydrogen (secondary N) is 1. The van der Waals surface area contributed by atoms with Crippen molar-refractivity contribution >= 4 is 17.8 Å². The standard InChI is InChI=1S/C14H22N2O5/c1-3-6(2)10(15)11(17)16-14(13(20)21)5-4-7-8(9(7)14)12(18)19/h6-10H,3-5,15H2,1-2H3,(H,16,17)(H,18,19)(H,20,21)/t6?,7-,8-,9-,10-,14-/m0/s1. The molecule has 0 aromatic heterocycles. The highest BCUT2D eigenvalue weighted by Crippen LogP contribution is 2.62. The zero-order chi connectivity index (χ0) is 15.9. The van der Waals surface area contributed by atoms with Crippen molar-refractivity contribution in [2.45, 2.75) is 44.7 Å². The van der Waals surface area contributed by atoms with E-state index in [1.54, 1.807) is 0 Å². The zero-order valence-electron chi connectivity index (χ0n) is 12.2. The van der Waals surface area contributed by atoms with Gasteiger partial charge in [-0.05, 0) is 24.7 Å². The summed E-state index contributed by atoms with van der Waals surface area (Å²) in [6.45, 7) is 3.73. The lowest BCUT2D eigenvalue weighted by Gasteiger charge is -2.30. The van der Waals surface area contributed by atoms with Crippen LogP contribution >= 0.6 is 0 Å². The van der Waals surface area contributed by atoms with E-state index in [1.807, 2.05) is 13.8 Å². The molecule has 0 aromatic carbocycles. The second-order valence-corrected chi connectivity index (χ2v) is 6.27. The Kier molecular flexibility index (Phi) is 3.97. The fourth-order valence-electron chi connectivity index (χ4n) is 3.57. The van der Waals surface area contributed by atoms with Crippen LogP contribution in [-0.4, -0.2) is 39.6 Å². The Morgan fingerprint density at radius 3 is 2.43 bits per heavy atom. The third-order valence-corrected chi connectivity index (χ3v) is 5.18. The highest BCUT2D eigenvalue weighted by atomic mass is 16.4. The van der Waals surface area contributed by atoms with Crippen LogP contribution in [0.4, 0.5) is 0 Å². The predicted molar refractivity (Wildman–Crippen MR) is 73.3 cm³/mol. The van der Waals surface area contributed by atoms with Crippen molar-refractivity contribution in [2.24, 2.45) is 29.4 Å². The van der Waals surface area contributed by atoms with Crippen molar-refractivity contribution in [1.29, 1.82) is 0 Å². The molecule has 21 heavy (non-hydrogen) atoms. The van der Waals surface area contributed by atoms with Crippen LogP contribution < -0.4 is 11.1 Å². The molecule has 118 valence electrons. The number of rotatable bonds is 6. The van der Waals surface area contributed by atoms with Gasteiger partial charge >= 0.3 is 11.9 Å². The van der Waals surface area contributed by atoms with E-state index in [0.29, 0.717) is 12.8 Å². The minimum atomic E-state index is -1.48. The lowest BCUT2D eigenvalue weighted by atomic mass is 9.89. The Morgan fingerprint density at radius 2 is 2.00 bits per heavy atom. The summed E-state index contributed by atoms with van der Waals surface area (Å²) < 4.78 is 0. The molecule has 2 aliphatic rings. The van der Waals surface area contributed by atoms with Gasteiger partial charge in [-0.3, -0.25) is 9.59 Å². The number of carboxylic acids is 2. The molecule has 0 bridgehead atoms. The van der Waals surface area contributed by atoms with Crippen LogP contribution in [0.3, 0.4) is 0 Å². The molecule has 5 N–H and O–H groups in total. The number of aliphatic carboxylic acids is 2. The minimum Gasteiger partial charge on any atom is -0.481 e. The van der Waals surface area contributed by atoms with Gasteiger partial charge in [0.2, 0.25) is 5.91 Å². The first-order valence-electron chi connectivity index (χ1n) is 7.30. The van der Waals surface area contributed by atoms with E-state index in [0.717, 1.165) is 0 Å². The van der Waals surface area contributed by atoms with Gasteiger partial charge in [0.15, 0.2) is 0 Å². The van der Waals surface area contributed by atoms with E-state index in [2.05, 4.69) is 5.32 Å². The number of hydrogen-bond donors (Lipinski definition) is 4. The number of hydrogen-bond acceptors (Lipinski definition) is 4. The molecule has 0 aliphatic heterocycles. The number of carbonyl (C=O) groups excluding carboxylic acids is 1. The first-order valence-corrected chi connectivity index (χ1v) is 7.30. The largest absolute Gasteiger partial charge is 0.481 e. The average molecular weight is 298 g/mol. The van der Waals surface area contributed by atoms with Gasteiger partial charge in [0.05, 0.1) is 12.0 Å². The van der Waals surface area contributed by atoms with Crippen LogP contribution in [-0.2, 0) is 14.4 Å². The van der Waals surface area contributed by atoms with Crippen LogP contribution in [0.25, 0.3) is 0 Å². The Hall–Kier alpha value is -1.63. The smallest absolute Gasteiger partial charge is 0.329 e. The molecule has 0 radical (unpaired) electrons. The van der Waals surface area contributed by atoms with Gasteiger partial charge in [-0.25, -0.2) is 4.79 Å².